The van der Waals surface area contributed by atoms with Crippen molar-refractivity contribution in [2.75, 3.05) is 6.54 Å². The fourth-order valence-electron chi connectivity index (χ4n) is 1.59. The molecule has 0 saturated carbocycles. The minimum atomic E-state index is -0.215. The number of nitrogens with two attached hydrogens (primary N) is 1. The molecule has 2 rings (SSSR count). The summed E-state index contributed by atoms with van der Waals surface area (Å²) >= 11 is 3.43. The van der Waals surface area contributed by atoms with E-state index in [-0.39, 0.29) is 12.5 Å². The molecule has 1 heterocycles. The summed E-state index contributed by atoms with van der Waals surface area (Å²) in [4.78, 5) is 11.1. The number of carbonyl (C=O) groups is 1. The van der Waals surface area contributed by atoms with E-state index in [1.54, 1.807) is 10.9 Å². The maximum atomic E-state index is 11.1. The molecule has 6 nitrogen and oxygen atoms in total. The van der Waals surface area contributed by atoms with Crippen LogP contribution >= 0.6 is 15.9 Å². The molecule has 19 heavy (non-hydrogen) atoms. The topological polar surface area (TPSA) is 85.8 Å². The first kappa shape index (κ1) is 13.7. The van der Waals surface area contributed by atoms with Crippen molar-refractivity contribution in [3.05, 3.63) is 40.1 Å². The molecule has 0 bridgehead atoms. The Kier molecular flexibility index (Phi) is 4.28. The molecule has 0 saturated heterocycles. The second-order valence-corrected chi connectivity index (χ2v) is 4.98. The highest BCUT2D eigenvalue weighted by Crippen LogP contribution is 2.19. The summed E-state index contributed by atoms with van der Waals surface area (Å²) in [5.74, 6) is -0.215. The van der Waals surface area contributed by atoms with Gasteiger partial charge in [0.1, 0.15) is 5.69 Å². The van der Waals surface area contributed by atoms with E-state index in [0.29, 0.717) is 12.2 Å². The standard InChI is InChI=1S/C12H14BrN5O/c1-8-2-3-9(13)4-11(8)18-7-10(16-17-18)6-15-12(19)5-14/h2-4,7H,5-6,14H2,1H3,(H,15,19). The molecule has 1 aromatic heterocycles. The van der Waals surface area contributed by atoms with Crippen molar-refractivity contribution >= 4 is 21.8 Å². The molecule has 3 N–H and O–H groups in total. The van der Waals surface area contributed by atoms with Gasteiger partial charge in [-0.2, -0.15) is 0 Å². The van der Waals surface area contributed by atoms with E-state index in [1.165, 1.54) is 0 Å². The van der Waals surface area contributed by atoms with Crippen molar-refractivity contribution in [1.29, 1.82) is 0 Å². The van der Waals surface area contributed by atoms with E-state index in [0.717, 1.165) is 15.7 Å². The Hall–Kier alpha value is -1.73. The molecule has 0 fully saturated rings. The molecule has 0 unspecified atom stereocenters. The monoisotopic (exact) mass is 323 g/mol. The van der Waals surface area contributed by atoms with Crippen LogP contribution in [0.4, 0.5) is 0 Å². The van der Waals surface area contributed by atoms with Gasteiger partial charge in [0.15, 0.2) is 0 Å². The van der Waals surface area contributed by atoms with E-state index in [2.05, 4.69) is 31.6 Å². The molecule has 0 aliphatic carbocycles. The number of nitrogens with zero attached hydrogens (tertiary/aromatic N) is 3. The summed E-state index contributed by atoms with van der Waals surface area (Å²) in [6.45, 7) is 2.29. The number of rotatable bonds is 4. The minimum Gasteiger partial charge on any atom is -0.349 e. The van der Waals surface area contributed by atoms with Crippen molar-refractivity contribution in [3.8, 4) is 5.69 Å². The molecular formula is C12H14BrN5O. The summed E-state index contributed by atoms with van der Waals surface area (Å²) in [6.07, 6.45) is 1.78. The van der Waals surface area contributed by atoms with Gasteiger partial charge in [-0.3, -0.25) is 4.79 Å². The maximum absolute atomic E-state index is 11.1. The molecule has 0 spiro atoms. The molecule has 0 radical (unpaired) electrons. The van der Waals surface area contributed by atoms with Crippen molar-refractivity contribution < 1.29 is 4.79 Å². The largest absolute Gasteiger partial charge is 0.349 e. The number of aryl methyl sites for hydroxylation is 1. The van der Waals surface area contributed by atoms with Crippen LogP contribution in [0.3, 0.4) is 0 Å². The van der Waals surface area contributed by atoms with Crippen LogP contribution in [0, 0.1) is 6.92 Å². The zero-order valence-electron chi connectivity index (χ0n) is 10.4. The Balaban J connectivity index is 2.16. The highest BCUT2D eigenvalue weighted by atomic mass is 79.9. The molecule has 0 aliphatic heterocycles. The van der Waals surface area contributed by atoms with Gasteiger partial charge in [0.2, 0.25) is 5.91 Å². The highest BCUT2D eigenvalue weighted by Gasteiger charge is 2.07. The quantitative estimate of drug-likeness (QED) is 0.875. The van der Waals surface area contributed by atoms with Crippen LogP contribution in [-0.4, -0.2) is 27.4 Å². The Morgan fingerprint density at radius 2 is 2.32 bits per heavy atom. The predicted molar refractivity (Wildman–Crippen MR) is 74.7 cm³/mol. The number of hydrogen-bond acceptors (Lipinski definition) is 4. The number of nitrogens with one attached hydrogen (secondary N) is 1. The van der Waals surface area contributed by atoms with Gasteiger partial charge in [-0.05, 0) is 24.6 Å². The fourth-order valence-corrected chi connectivity index (χ4v) is 1.94. The Bertz CT molecular complexity index is 596. The number of hydrogen-bond donors (Lipinski definition) is 2. The highest BCUT2D eigenvalue weighted by molar-refractivity contribution is 9.10. The Morgan fingerprint density at radius 1 is 1.53 bits per heavy atom. The minimum absolute atomic E-state index is 0.0289. The van der Waals surface area contributed by atoms with Crippen LogP contribution in [0.25, 0.3) is 5.69 Å². The lowest BCUT2D eigenvalue weighted by Gasteiger charge is -2.05. The molecule has 100 valence electrons. The summed E-state index contributed by atoms with van der Waals surface area (Å²) in [5.41, 5.74) is 7.92. The molecule has 1 aromatic carbocycles. The van der Waals surface area contributed by atoms with Crippen LogP contribution in [0.2, 0.25) is 0 Å². The second kappa shape index (κ2) is 5.94. The lowest BCUT2D eigenvalue weighted by molar-refractivity contribution is -0.119. The smallest absolute Gasteiger partial charge is 0.234 e. The number of amides is 1. The van der Waals surface area contributed by atoms with Gasteiger partial charge in [-0.25, -0.2) is 4.68 Å². The van der Waals surface area contributed by atoms with Crippen LogP contribution in [0.1, 0.15) is 11.3 Å². The van der Waals surface area contributed by atoms with Crippen LogP contribution in [-0.2, 0) is 11.3 Å². The lowest BCUT2D eigenvalue weighted by atomic mass is 10.2. The first-order chi connectivity index (χ1) is 9.10. The zero-order valence-corrected chi connectivity index (χ0v) is 12.0. The predicted octanol–water partition coefficient (Wildman–Crippen LogP) is 0.913. The van der Waals surface area contributed by atoms with Gasteiger partial charge in [-0.1, -0.05) is 27.2 Å². The van der Waals surface area contributed by atoms with Crippen LogP contribution < -0.4 is 11.1 Å². The van der Waals surface area contributed by atoms with E-state index >= 15 is 0 Å². The average Bonchev–Trinajstić information content (AvgIpc) is 2.87. The van der Waals surface area contributed by atoms with E-state index in [9.17, 15) is 4.79 Å². The third-order valence-electron chi connectivity index (χ3n) is 2.61. The van der Waals surface area contributed by atoms with Gasteiger partial charge in [0.05, 0.1) is 25.0 Å². The Labute approximate surface area is 119 Å². The van der Waals surface area contributed by atoms with Gasteiger partial charge in [0, 0.05) is 4.47 Å². The van der Waals surface area contributed by atoms with E-state index in [1.807, 2.05) is 25.1 Å². The van der Waals surface area contributed by atoms with Crippen molar-refractivity contribution in [2.45, 2.75) is 13.5 Å². The van der Waals surface area contributed by atoms with Crippen LogP contribution in [0.5, 0.6) is 0 Å². The normalized spacial score (nSPS) is 10.5. The number of benzene rings is 1. The van der Waals surface area contributed by atoms with Gasteiger partial charge in [0.25, 0.3) is 0 Å². The number of aromatic nitrogens is 3. The first-order valence-electron chi connectivity index (χ1n) is 5.74. The third-order valence-corrected chi connectivity index (χ3v) is 3.10. The lowest BCUT2D eigenvalue weighted by Crippen LogP contribution is -2.29. The molecule has 0 atom stereocenters. The fraction of sp³-hybridized carbons (Fsp3) is 0.250. The zero-order chi connectivity index (χ0) is 13.8. The summed E-state index contributed by atoms with van der Waals surface area (Å²) < 4.78 is 2.66. The average molecular weight is 324 g/mol. The van der Waals surface area contributed by atoms with Crippen molar-refractivity contribution in [2.24, 2.45) is 5.73 Å². The molecular weight excluding hydrogens is 310 g/mol. The van der Waals surface area contributed by atoms with E-state index < -0.39 is 0 Å². The van der Waals surface area contributed by atoms with E-state index in [4.69, 9.17) is 5.73 Å². The van der Waals surface area contributed by atoms with Crippen molar-refractivity contribution in [1.82, 2.24) is 20.3 Å². The summed E-state index contributed by atoms with van der Waals surface area (Å²) in [7, 11) is 0. The van der Waals surface area contributed by atoms with Gasteiger partial charge >= 0.3 is 0 Å². The summed E-state index contributed by atoms with van der Waals surface area (Å²) in [6, 6.07) is 5.93. The van der Waals surface area contributed by atoms with Crippen molar-refractivity contribution in [3.63, 3.8) is 0 Å². The SMILES string of the molecule is Cc1ccc(Br)cc1-n1cc(CNC(=O)CN)nn1. The van der Waals surface area contributed by atoms with Gasteiger partial charge < -0.3 is 11.1 Å². The number of carbonyl (C=O) groups excluding carboxylic acids is 1. The second-order valence-electron chi connectivity index (χ2n) is 4.07. The molecule has 0 aliphatic rings. The third kappa shape index (κ3) is 3.39. The Morgan fingerprint density at radius 3 is 3.05 bits per heavy atom. The molecule has 7 heteroatoms. The van der Waals surface area contributed by atoms with Gasteiger partial charge in [-0.15, -0.1) is 5.10 Å². The van der Waals surface area contributed by atoms with Crippen LogP contribution in [0.15, 0.2) is 28.9 Å². The molecule has 2 aromatic rings. The summed E-state index contributed by atoms with van der Waals surface area (Å²) in [5, 5.41) is 10.7. The molecule has 1 amide bonds. The first-order valence-corrected chi connectivity index (χ1v) is 6.54. The maximum Gasteiger partial charge on any atom is 0.234 e. The number of halogens is 1.